The molecule has 30 heavy (non-hydrogen) atoms. The van der Waals surface area contributed by atoms with Gasteiger partial charge < -0.3 is 14.9 Å². The first-order valence-corrected chi connectivity index (χ1v) is 10.0. The van der Waals surface area contributed by atoms with Gasteiger partial charge in [0.25, 0.3) is 0 Å². The Kier molecular flexibility index (Phi) is 7.14. The van der Waals surface area contributed by atoms with Gasteiger partial charge in [0.05, 0.1) is 11.4 Å². The molecule has 1 N–H and O–H groups in total. The van der Waals surface area contributed by atoms with Gasteiger partial charge in [0, 0.05) is 37.9 Å². The van der Waals surface area contributed by atoms with Crippen molar-refractivity contribution in [2.75, 3.05) is 37.7 Å². The molecule has 6 heteroatoms. The molecule has 3 rings (SSSR count). The molecule has 1 aliphatic heterocycles. The molecular weight excluding hydrogens is 378 g/mol. The topological polar surface area (TPSA) is 73.7 Å². The summed E-state index contributed by atoms with van der Waals surface area (Å²) in [6, 6.07) is 11.7. The molecule has 1 amide bonds. The monoisotopic (exact) mass is 405 g/mol. The van der Waals surface area contributed by atoms with Crippen LogP contribution in [0.2, 0.25) is 0 Å². The number of rotatable bonds is 6. The quantitative estimate of drug-likeness (QED) is 0.748. The summed E-state index contributed by atoms with van der Waals surface area (Å²) in [6.07, 6.45) is 6.07. The number of aliphatic hydroxyl groups is 1. The van der Waals surface area contributed by atoms with Gasteiger partial charge in [-0.1, -0.05) is 24.3 Å². The minimum Gasteiger partial charge on any atom is -0.388 e. The molecule has 0 bridgehead atoms. The highest BCUT2D eigenvalue weighted by molar-refractivity contribution is 5.94. The summed E-state index contributed by atoms with van der Waals surface area (Å²) in [4.78, 5) is 32.4. The number of carbonyl (C=O) groups is 2. The van der Waals surface area contributed by atoms with Crippen molar-refractivity contribution in [3.05, 3.63) is 71.1 Å². The minimum atomic E-state index is -0.527. The third-order valence-electron chi connectivity index (χ3n) is 5.13. The van der Waals surface area contributed by atoms with Crippen molar-refractivity contribution in [2.24, 2.45) is 0 Å². The SMILES string of the molecule is Cc1cccc(C)c1N1CCN(C(=O)/C=C/c2cccc(/C=C/C(=O)CO)n2)CC1. The zero-order valence-corrected chi connectivity index (χ0v) is 17.4. The van der Waals surface area contributed by atoms with E-state index in [1.54, 1.807) is 30.4 Å². The van der Waals surface area contributed by atoms with Crippen molar-refractivity contribution in [2.45, 2.75) is 13.8 Å². The number of benzene rings is 1. The highest BCUT2D eigenvalue weighted by Gasteiger charge is 2.21. The number of nitrogens with zero attached hydrogens (tertiary/aromatic N) is 3. The number of hydrogen-bond acceptors (Lipinski definition) is 5. The van der Waals surface area contributed by atoms with Gasteiger partial charge in [-0.3, -0.25) is 9.59 Å². The van der Waals surface area contributed by atoms with E-state index >= 15 is 0 Å². The second kappa shape index (κ2) is 9.98. The van der Waals surface area contributed by atoms with Crippen LogP contribution >= 0.6 is 0 Å². The van der Waals surface area contributed by atoms with Crippen LogP contribution in [-0.2, 0) is 9.59 Å². The van der Waals surface area contributed by atoms with E-state index in [2.05, 4.69) is 41.9 Å². The number of aromatic nitrogens is 1. The number of aliphatic hydroxyl groups excluding tert-OH is 1. The second-order valence-corrected chi connectivity index (χ2v) is 7.33. The van der Waals surface area contributed by atoms with Crippen LogP contribution in [0.5, 0.6) is 0 Å². The number of ketones is 1. The number of aryl methyl sites for hydroxylation is 2. The lowest BCUT2D eigenvalue weighted by Gasteiger charge is -2.37. The van der Waals surface area contributed by atoms with E-state index in [9.17, 15) is 9.59 Å². The lowest BCUT2D eigenvalue weighted by molar-refractivity contribution is -0.126. The van der Waals surface area contributed by atoms with Crippen molar-refractivity contribution >= 4 is 29.5 Å². The van der Waals surface area contributed by atoms with Gasteiger partial charge in [0.1, 0.15) is 6.61 Å². The van der Waals surface area contributed by atoms with Crippen LogP contribution in [0.1, 0.15) is 22.5 Å². The van der Waals surface area contributed by atoms with Crippen LogP contribution in [0.3, 0.4) is 0 Å². The number of piperazine rings is 1. The average molecular weight is 405 g/mol. The van der Waals surface area contributed by atoms with Crippen LogP contribution in [0.4, 0.5) is 5.69 Å². The third kappa shape index (κ3) is 5.42. The highest BCUT2D eigenvalue weighted by Crippen LogP contribution is 2.25. The van der Waals surface area contributed by atoms with E-state index in [4.69, 9.17) is 5.11 Å². The maximum Gasteiger partial charge on any atom is 0.246 e. The molecule has 1 aromatic heterocycles. The summed E-state index contributed by atoms with van der Waals surface area (Å²) in [5.41, 5.74) is 5.02. The summed E-state index contributed by atoms with van der Waals surface area (Å²) < 4.78 is 0. The summed E-state index contributed by atoms with van der Waals surface area (Å²) in [5, 5.41) is 8.77. The largest absolute Gasteiger partial charge is 0.388 e. The highest BCUT2D eigenvalue weighted by atomic mass is 16.3. The molecular formula is C24H27N3O3. The molecule has 2 aromatic rings. The zero-order chi connectivity index (χ0) is 21.5. The Morgan fingerprint density at radius 3 is 2.10 bits per heavy atom. The maximum absolute atomic E-state index is 12.6. The fourth-order valence-electron chi connectivity index (χ4n) is 3.60. The van der Waals surface area contributed by atoms with E-state index in [1.807, 2.05) is 11.0 Å². The van der Waals surface area contributed by atoms with Crippen molar-refractivity contribution in [1.29, 1.82) is 0 Å². The normalized spacial score (nSPS) is 14.6. The predicted octanol–water partition coefficient (Wildman–Crippen LogP) is 2.64. The molecule has 1 aliphatic rings. The van der Waals surface area contributed by atoms with Crippen LogP contribution in [-0.4, -0.2) is 59.5 Å². The van der Waals surface area contributed by atoms with Gasteiger partial charge in [-0.15, -0.1) is 0 Å². The molecule has 0 saturated carbocycles. The molecule has 0 radical (unpaired) electrons. The number of para-hydroxylation sites is 1. The molecule has 1 aromatic carbocycles. The van der Waals surface area contributed by atoms with Crippen LogP contribution < -0.4 is 4.90 Å². The summed E-state index contributed by atoms with van der Waals surface area (Å²) in [6.45, 7) is 6.69. The van der Waals surface area contributed by atoms with Gasteiger partial charge >= 0.3 is 0 Å². The lowest BCUT2D eigenvalue weighted by Crippen LogP contribution is -2.48. The summed E-state index contributed by atoms with van der Waals surface area (Å²) >= 11 is 0. The molecule has 1 saturated heterocycles. The van der Waals surface area contributed by atoms with E-state index in [-0.39, 0.29) is 11.7 Å². The number of amides is 1. The minimum absolute atomic E-state index is 0.0330. The number of hydrogen-bond donors (Lipinski definition) is 1. The molecule has 1 fully saturated rings. The summed E-state index contributed by atoms with van der Waals surface area (Å²) in [5.74, 6) is -0.415. The Labute approximate surface area is 177 Å². The fraction of sp³-hybridized carbons (Fsp3) is 0.292. The number of anilines is 1. The van der Waals surface area contributed by atoms with Crippen LogP contribution in [0.25, 0.3) is 12.2 Å². The van der Waals surface area contributed by atoms with Gasteiger partial charge in [-0.2, -0.15) is 0 Å². The van der Waals surface area contributed by atoms with Gasteiger partial charge in [0.15, 0.2) is 5.78 Å². The molecule has 0 aliphatic carbocycles. The first-order valence-electron chi connectivity index (χ1n) is 10.0. The van der Waals surface area contributed by atoms with Crippen molar-refractivity contribution in [1.82, 2.24) is 9.88 Å². The Hall–Kier alpha value is -3.25. The van der Waals surface area contributed by atoms with E-state index < -0.39 is 6.61 Å². The Morgan fingerprint density at radius 2 is 1.50 bits per heavy atom. The summed E-state index contributed by atoms with van der Waals surface area (Å²) in [7, 11) is 0. The average Bonchev–Trinajstić information content (AvgIpc) is 2.76. The molecule has 0 unspecified atom stereocenters. The third-order valence-corrected chi connectivity index (χ3v) is 5.13. The molecule has 6 nitrogen and oxygen atoms in total. The predicted molar refractivity (Wildman–Crippen MR) is 119 cm³/mol. The second-order valence-electron chi connectivity index (χ2n) is 7.33. The van der Waals surface area contributed by atoms with Crippen LogP contribution in [0, 0.1) is 13.8 Å². The zero-order valence-electron chi connectivity index (χ0n) is 17.4. The van der Waals surface area contributed by atoms with Gasteiger partial charge in [-0.05, 0) is 55.3 Å². The van der Waals surface area contributed by atoms with Crippen molar-refractivity contribution in [3.63, 3.8) is 0 Å². The van der Waals surface area contributed by atoms with Crippen molar-refractivity contribution < 1.29 is 14.7 Å². The standard InChI is InChI=1S/C24H27N3O3/c1-18-5-3-6-19(2)24(18)27-15-13-26(14-16-27)23(30)12-10-21-8-4-7-20(25-21)9-11-22(29)17-28/h3-12,28H,13-17H2,1-2H3/b11-9+,12-10+. The molecule has 156 valence electrons. The maximum atomic E-state index is 12.6. The smallest absolute Gasteiger partial charge is 0.246 e. The molecule has 0 atom stereocenters. The molecule has 0 spiro atoms. The Morgan fingerprint density at radius 1 is 0.933 bits per heavy atom. The van der Waals surface area contributed by atoms with E-state index in [1.165, 1.54) is 22.9 Å². The van der Waals surface area contributed by atoms with Gasteiger partial charge in [0.2, 0.25) is 5.91 Å². The Balaban J connectivity index is 1.59. The first-order chi connectivity index (χ1) is 14.5. The first kappa shape index (κ1) is 21.5. The lowest BCUT2D eigenvalue weighted by atomic mass is 10.1. The van der Waals surface area contributed by atoms with E-state index in [0.717, 1.165) is 13.1 Å². The van der Waals surface area contributed by atoms with Gasteiger partial charge in [-0.25, -0.2) is 4.98 Å². The molecule has 2 heterocycles. The fourth-order valence-corrected chi connectivity index (χ4v) is 3.60. The number of pyridine rings is 1. The van der Waals surface area contributed by atoms with Crippen molar-refractivity contribution in [3.8, 4) is 0 Å². The number of carbonyl (C=O) groups excluding carboxylic acids is 2. The Bertz CT molecular complexity index is 953. The van der Waals surface area contributed by atoms with Crippen LogP contribution in [0.15, 0.2) is 48.6 Å². The van der Waals surface area contributed by atoms with E-state index in [0.29, 0.717) is 24.5 Å².